The van der Waals surface area contributed by atoms with Gasteiger partial charge in [-0.15, -0.1) is 0 Å². The molecule has 0 bridgehead atoms. The molecule has 1 atom stereocenters. The van der Waals surface area contributed by atoms with Crippen molar-refractivity contribution in [1.29, 1.82) is 0 Å². The molecule has 0 aliphatic carbocycles. The Morgan fingerprint density at radius 3 is 2.78 bits per heavy atom. The molecule has 2 N–H and O–H groups in total. The van der Waals surface area contributed by atoms with Gasteiger partial charge in [0.05, 0.1) is 28.1 Å². The van der Waals surface area contributed by atoms with Crippen LogP contribution in [0.15, 0.2) is 27.6 Å². The predicted octanol–water partition coefficient (Wildman–Crippen LogP) is 2.19. The first kappa shape index (κ1) is 15.6. The monoisotopic (exact) mass is 335 g/mol. The van der Waals surface area contributed by atoms with E-state index in [1.54, 1.807) is 25.3 Å². The standard InChI is InChI=1S/C12H18BrNO3S/c1-16-5-2-6-17-7-8-18(15)12-4-3-10(14)9-11(12)13/h3-4,9H,2,5-8,14H2,1H3. The smallest absolute Gasteiger partial charge is 0.0585 e. The van der Waals surface area contributed by atoms with Crippen LogP contribution in [0.3, 0.4) is 0 Å². The molecule has 0 amide bonds. The molecule has 1 aromatic carbocycles. The lowest BCUT2D eigenvalue weighted by Gasteiger charge is -2.06. The molecular weight excluding hydrogens is 318 g/mol. The Balaban J connectivity index is 2.32. The zero-order valence-corrected chi connectivity index (χ0v) is 12.8. The molecule has 0 spiro atoms. The zero-order chi connectivity index (χ0) is 13.4. The summed E-state index contributed by atoms with van der Waals surface area (Å²) in [5.41, 5.74) is 6.28. The summed E-state index contributed by atoms with van der Waals surface area (Å²) in [6.07, 6.45) is 0.856. The SMILES string of the molecule is COCCCOCCS(=O)c1ccc(N)cc1Br. The van der Waals surface area contributed by atoms with Gasteiger partial charge in [-0.1, -0.05) is 0 Å². The maximum absolute atomic E-state index is 12.0. The average molecular weight is 336 g/mol. The van der Waals surface area contributed by atoms with Crippen LogP contribution in [0, 0.1) is 0 Å². The summed E-state index contributed by atoms with van der Waals surface area (Å²) < 4.78 is 23.1. The number of hydrogen-bond donors (Lipinski definition) is 1. The Hall–Kier alpha value is -0.430. The van der Waals surface area contributed by atoms with E-state index in [4.69, 9.17) is 15.2 Å². The van der Waals surface area contributed by atoms with Crippen LogP contribution < -0.4 is 5.73 Å². The number of anilines is 1. The fraction of sp³-hybridized carbons (Fsp3) is 0.500. The van der Waals surface area contributed by atoms with Gasteiger partial charge >= 0.3 is 0 Å². The number of methoxy groups -OCH3 is 1. The minimum atomic E-state index is -1.07. The van der Waals surface area contributed by atoms with Crippen LogP contribution in [0.1, 0.15) is 6.42 Å². The third-order valence-electron chi connectivity index (χ3n) is 2.25. The number of hydrogen-bond acceptors (Lipinski definition) is 4. The highest BCUT2D eigenvalue weighted by atomic mass is 79.9. The van der Waals surface area contributed by atoms with Gasteiger partial charge in [-0.3, -0.25) is 4.21 Å². The van der Waals surface area contributed by atoms with Gasteiger partial charge in [0.1, 0.15) is 0 Å². The molecule has 6 heteroatoms. The summed E-state index contributed by atoms with van der Waals surface area (Å²) in [6, 6.07) is 5.28. The second kappa shape index (κ2) is 8.63. The third-order valence-corrected chi connectivity index (χ3v) is 4.55. The van der Waals surface area contributed by atoms with Crippen LogP contribution >= 0.6 is 15.9 Å². The number of ether oxygens (including phenoxy) is 2. The molecule has 0 aliphatic rings. The van der Waals surface area contributed by atoms with E-state index in [2.05, 4.69) is 15.9 Å². The van der Waals surface area contributed by atoms with Gasteiger partial charge in [-0.25, -0.2) is 0 Å². The molecule has 0 fully saturated rings. The maximum Gasteiger partial charge on any atom is 0.0585 e. The quantitative estimate of drug-likeness (QED) is 0.584. The highest BCUT2D eigenvalue weighted by molar-refractivity contribution is 9.10. The van der Waals surface area contributed by atoms with Crippen molar-refractivity contribution >= 4 is 32.4 Å². The number of nitrogens with two attached hydrogens (primary N) is 1. The fourth-order valence-corrected chi connectivity index (χ4v) is 3.28. The lowest BCUT2D eigenvalue weighted by Crippen LogP contribution is -2.08. The van der Waals surface area contributed by atoms with Gasteiger partial charge in [0.2, 0.25) is 0 Å². The van der Waals surface area contributed by atoms with Crippen molar-refractivity contribution in [2.45, 2.75) is 11.3 Å². The Morgan fingerprint density at radius 2 is 2.11 bits per heavy atom. The summed E-state index contributed by atoms with van der Waals surface area (Å²) >= 11 is 3.36. The largest absolute Gasteiger partial charge is 0.399 e. The summed E-state index contributed by atoms with van der Waals surface area (Å²) in [6.45, 7) is 1.80. The van der Waals surface area contributed by atoms with Crippen LogP contribution in [0.5, 0.6) is 0 Å². The predicted molar refractivity (Wildman–Crippen MR) is 77.1 cm³/mol. The van der Waals surface area contributed by atoms with Crippen LogP contribution in [0.2, 0.25) is 0 Å². The highest BCUT2D eigenvalue weighted by Crippen LogP contribution is 2.23. The normalized spacial score (nSPS) is 12.6. The lowest BCUT2D eigenvalue weighted by atomic mass is 10.3. The van der Waals surface area contributed by atoms with E-state index in [0.717, 1.165) is 15.8 Å². The molecule has 4 nitrogen and oxygen atoms in total. The van der Waals surface area contributed by atoms with Gasteiger partial charge < -0.3 is 15.2 Å². The maximum atomic E-state index is 12.0. The summed E-state index contributed by atoms with van der Waals surface area (Å²) in [5, 5.41) is 0. The van der Waals surface area contributed by atoms with E-state index in [1.807, 2.05) is 0 Å². The topological polar surface area (TPSA) is 61.5 Å². The van der Waals surface area contributed by atoms with Crippen molar-refractivity contribution in [2.24, 2.45) is 0 Å². The zero-order valence-electron chi connectivity index (χ0n) is 10.4. The van der Waals surface area contributed by atoms with E-state index in [-0.39, 0.29) is 0 Å². The molecule has 102 valence electrons. The van der Waals surface area contributed by atoms with E-state index < -0.39 is 10.8 Å². The molecule has 0 saturated carbocycles. The number of rotatable bonds is 8. The molecule has 0 saturated heterocycles. The molecule has 1 rings (SSSR count). The lowest BCUT2D eigenvalue weighted by molar-refractivity contribution is 0.112. The average Bonchev–Trinajstić information content (AvgIpc) is 2.33. The molecule has 0 radical (unpaired) electrons. The van der Waals surface area contributed by atoms with Crippen LogP contribution in [-0.2, 0) is 20.3 Å². The van der Waals surface area contributed by atoms with Gasteiger partial charge in [-0.2, -0.15) is 0 Å². The third kappa shape index (κ3) is 5.48. The Bertz CT molecular complexity index is 401. The molecule has 1 unspecified atom stereocenters. The van der Waals surface area contributed by atoms with E-state index in [1.165, 1.54) is 0 Å². The number of halogens is 1. The van der Waals surface area contributed by atoms with E-state index in [0.29, 0.717) is 31.3 Å². The minimum absolute atomic E-state index is 0.479. The van der Waals surface area contributed by atoms with Gasteiger partial charge in [-0.05, 0) is 40.5 Å². The summed E-state index contributed by atoms with van der Waals surface area (Å²) in [7, 11) is 0.591. The van der Waals surface area contributed by atoms with Gasteiger partial charge in [0.15, 0.2) is 0 Å². The number of nitrogen functional groups attached to an aromatic ring is 1. The first-order chi connectivity index (χ1) is 8.65. The fourth-order valence-electron chi connectivity index (χ4n) is 1.35. The van der Waals surface area contributed by atoms with Crippen molar-refractivity contribution in [3.8, 4) is 0 Å². The van der Waals surface area contributed by atoms with Gasteiger partial charge in [0.25, 0.3) is 0 Å². The first-order valence-electron chi connectivity index (χ1n) is 5.65. The Kier molecular flexibility index (Phi) is 7.50. The van der Waals surface area contributed by atoms with Crippen molar-refractivity contribution in [2.75, 3.05) is 38.4 Å². The molecule has 0 heterocycles. The Morgan fingerprint density at radius 1 is 1.33 bits per heavy atom. The minimum Gasteiger partial charge on any atom is -0.399 e. The van der Waals surface area contributed by atoms with Crippen molar-refractivity contribution < 1.29 is 13.7 Å². The molecule has 0 aromatic heterocycles. The van der Waals surface area contributed by atoms with E-state index in [9.17, 15) is 4.21 Å². The molecule has 18 heavy (non-hydrogen) atoms. The highest BCUT2D eigenvalue weighted by Gasteiger charge is 2.08. The van der Waals surface area contributed by atoms with Crippen molar-refractivity contribution in [1.82, 2.24) is 0 Å². The number of benzene rings is 1. The van der Waals surface area contributed by atoms with Crippen LogP contribution in [0.25, 0.3) is 0 Å². The van der Waals surface area contributed by atoms with Crippen molar-refractivity contribution in [3.05, 3.63) is 22.7 Å². The molecule has 1 aromatic rings. The van der Waals surface area contributed by atoms with E-state index >= 15 is 0 Å². The van der Waals surface area contributed by atoms with Gasteiger partial charge in [0, 0.05) is 30.5 Å². The van der Waals surface area contributed by atoms with Crippen LogP contribution in [0.4, 0.5) is 5.69 Å². The first-order valence-corrected chi connectivity index (χ1v) is 7.76. The summed E-state index contributed by atoms with van der Waals surface area (Å²) in [5.74, 6) is 0.482. The second-order valence-electron chi connectivity index (χ2n) is 3.70. The summed E-state index contributed by atoms with van der Waals surface area (Å²) in [4.78, 5) is 0.754. The second-order valence-corrected chi connectivity index (χ2v) is 6.09. The van der Waals surface area contributed by atoms with Crippen LogP contribution in [-0.4, -0.2) is 36.9 Å². The molecule has 0 aliphatic heterocycles. The van der Waals surface area contributed by atoms with Crippen molar-refractivity contribution in [3.63, 3.8) is 0 Å². The molecular formula is C12H18BrNO3S. The Labute approximate surface area is 118 Å².